The Labute approximate surface area is 104 Å². The van der Waals surface area contributed by atoms with Gasteiger partial charge in [-0.2, -0.15) is 0 Å². The standard InChI is InChI=1S/C10H12ClN3O2S/c1-6(2)9-13-8-7(17(11,15)16)4-5-12-10(8)14(9)3/h4-6H,1-3H3. The van der Waals surface area contributed by atoms with Gasteiger partial charge < -0.3 is 4.57 Å². The highest BCUT2D eigenvalue weighted by Gasteiger charge is 2.20. The molecule has 0 unspecified atom stereocenters. The second-order valence-corrected chi connectivity index (χ2v) is 6.64. The molecule has 5 nitrogen and oxygen atoms in total. The Bertz CT molecular complexity index is 676. The lowest BCUT2D eigenvalue weighted by atomic mass is 10.2. The Morgan fingerprint density at radius 3 is 2.59 bits per heavy atom. The molecule has 17 heavy (non-hydrogen) atoms. The molecular weight excluding hydrogens is 262 g/mol. The van der Waals surface area contributed by atoms with Crippen LogP contribution in [-0.2, 0) is 16.1 Å². The maximum absolute atomic E-state index is 11.4. The summed E-state index contributed by atoms with van der Waals surface area (Å²) in [6.07, 6.45) is 1.42. The first-order valence-corrected chi connectivity index (χ1v) is 7.39. The molecule has 0 aliphatic heterocycles. The molecule has 92 valence electrons. The summed E-state index contributed by atoms with van der Waals surface area (Å²) in [6.45, 7) is 3.96. The fourth-order valence-corrected chi connectivity index (χ4v) is 2.75. The lowest BCUT2D eigenvalue weighted by Crippen LogP contribution is -2.00. The van der Waals surface area contributed by atoms with Gasteiger partial charge in [-0.15, -0.1) is 0 Å². The van der Waals surface area contributed by atoms with Crippen LogP contribution in [0.4, 0.5) is 0 Å². The molecule has 0 saturated carbocycles. The van der Waals surface area contributed by atoms with E-state index >= 15 is 0 Å². The number of halogens is 1. The molecule has 0 fully saturated rings. The molecule has 0 bridgehead atoms. The van der Waals surface area contributed by atoms with E-state index in [2.05, 4.69) is 9.97 Å². The first-order valence-electron chi connectivity index (χ1n) is 5.08. The molecule has 7 heteroatoms. The number of pyridine rings is 1. The number of hydrogen-bond acceptors (Lipinski definition) is 4. The van der Waals surface area contributed by atoms with Crippen LogP contribution >= 0.6 is 10.7 Å². The molecule has 0 radical (unpaired) electrons. The summed E-state index contributed by atoms with van der Waals surface area (Å²) in [5, 5.41) is 0. The van der Waals surface area contributed by atoms with Crippen molar-refractivity contribution in [1.82, 2.24) is 14.5 Å². The van der Waals surface area contributed by atoms with Crippen molar-refractivity contribution in [2.75, 3.05) is 0 Å². The van der Waals surface area contributed by atoms with Gasteiger partial charge in [-0.25, -0.2) is 18.4 Å². The van der Waals surface area contributed by atoms with E-state index in [0.29, 0.717) is 11.2 Å². The molecule has 0 N–H and O–H groups in total. The predicted molar refractivity (Wildman–Crippen MR) is 65.6 cm³/mol. The summed E-state index contributed by atoms with van der Waals surface area (Å²) >= 11 is 0. The van der Waals surface area contributed by atoms with Crippen molar-refractivity contribution < 1.29 is 8.42 Å². The maximum Gasteiger partial charge on any atom is 0.263 e. The van der Waals surface area contributed by atoms with Crippen LogP contribution in [0.5, 0.6) is 0 Å². The van der Waals surface area contributed by atoms with Crippen molar-refractivity contribution in [2.45, 2.75) is 24.7 Å². The topological polar surface area (TPSA) is 64.8 Å². The van der Waals surface area contributed by atoms with Crippen molar-refractivity contribution in [3.63, 3.8) is 0 Å². The first-order chi connectivity index (χ1) is 7.82. The molecule has 0 aliphatic rings. The second kappa shape index (κ2) is 3.96. The Morgan fingerprint density at radius 2 is 2.06 bits per heavy atom. The van der Waals surface area contributed by atoms with Crippen molar-refractivity contribution in [3.05, 3.63) is 18.1 Å². The summed E-state index contributed by atoms with van der Waals surface area (Å²) in [7, 11) is 3.38. The number of nitrogens with zero attached hydrogens (tertiary/aromatic N) is 3. The number of hydrogen-bond donors (Lipinski definition) is 0. The van der Waals surface area contributed by atoms with Gasteiger partial charge in [-0.3, -0.25) is 0 Å². The fourth-order valence-electron chi connectivity index (χ4n) is 1.79. The van der Waals surface area contributed by atoms with Crippen LogP contribution in [0.1, 0.15) is 25.6 Å². The highest BCUT2D eigenvalue weighted by atomic mass is 35.7. The van der Waals surface area contributed by atoms with Crippen LogP contribution in [0.2, 0.25) is 0 Å². The van der Waals surface area contributed by atoms with Gasteiger partial charge in [-0.1, -0.05) is 13.8 Å². The summed E-state index contributed by atoms with van der Waals surface area (Å²) in [6, 6.07) is 1.36. The maximum atomic E-state index is 11.4. The van der Waals surface area contributed by atoms with Crippen LogP contribution < -0.4 is 0 Å². The van der Waals surface area contributed by atoms with E-state index in [4.69, 9.17) is 10.7 Å². The van der Waals surface area contributed by atoms with Gasteiger partial charge in [0.2, 0.25) is 0 Å². The van der Waals surface area contributed by atoms with Gasteiger partial charge in [-0.05, 0) is 6.07 Å². The zero-order chi connectivity index (χ0) is 12.8. The van der Waals surface area contributed by atoms with Gasteiger partial charge in [0.1, 0.15) is 16.2 Å². The normalized spacial score (nSPS) is 12.5. The molecule has 0 aliphatic carbocycles. The number of aryl methyl sites for hydroxylation is 1. The van der Waals surface area contributed by atoms with Crippen molar-refractivity contribution in [1.29, 1.82) is 0 Å². The van der Waals surface area contributed by atoms with Gasteiger partial charge in [0.05, 0.1) is 0 Å². The third-order valence-electron chi connectivity index (χ3n) is 2.53. The molecule has 0 aromatic carbocycles. The Balaban J connectivity index is 2.88. The molecular formula is C10H12ClN3O2S. The molecule has 2 rings (SSSR count). The van der Waals surface area contributed by atoms with Crippen molar-refractivity contribution >= 4 is 30.9 Å². The summed E-state index contributed by atoms with van der Waals surface area (Å²) in [5.74, 6) is 0.959. The first kappa shape index (κ1) is 12.3. The quantitative estimate of drug-likeness (QED) is 0.785. The lowest BCUT2D eigenvalue weighted by Gasteiger charge is -2.03. The fraction of sp³-hybridized carbons (Fsp3) is 0.400. The smallest absolute Gasteiger partial charge is 0.263 e. The van der Waals surface area contributed by atoms with E-state index in [9.17, 15) is 8.42 Å². The highest BCUT2D eigenvalue weighted by molar-refractivity contribution is 8.14. The average Bonchev–Trinajstić information content (AvgIpc) is 2.55. The van der Waals surface area contributed by atoms with E-state index in [1.54, 1.807) is 4.57 Å². The minimum Gasteiger partial charge on any atom is -0.316 e. The predicted octanol–water partition coefficient (Wildman–Crippen LogP) is 2.02. The minimum absolute atomic E-state index is 0.00617. The zero-order valence-electron chi connectivity index (χ0n) is 9.68. The SMILES string of the molecule is CC(C)c1nc2c(S(=O)(=O)Cl)ccnc2n1C. The minimum atomic E-state index is -3.80. The molecule has 0 amide bonds. The van der Waals surface area contributed by atoms with Gasteiger partial charge in [0, 0.05) is 29.8 Å². The lowest BCUT2D eigenvalue weighted by molar-refractivity contribution is 0.610. The van der Waals surface area contributed by atoms with E-state index in [-0.39, 0.29) is 10.8 Å². The van der Waals surface area contributed by atoms with Crippen molar-refractivity contribution in [3.8, 4) is 0 Å². The Hall–Kier alpha value is -1.14. The summed E-state index contributed by atoms with van der Waals surface area (Å²) in [5.41, 5.74) is 0.851. The number of rotatable bonds is 2. The Kier molecular flexibility index (Phi) is 2.87. The number of imidazole rings is 1. The van der Waals surface area contributed by atoms with Gasteiger partial charge >= 0.3 is 0 Å². The number of aromatic nitrogens is 3. The third-order valence-corrected chi connectivity index (χ3v) is 3.89. The van der Waals surface area contributed by atoms with Crippen LogP contribution in [-0.4, -0.2) is 23.0 Å². The average molecular weight is 274 g/mol. The third kappa shape index (κ3) is 2.02. The second-order valence-electron chi connectivity index (χ2n) is 4.10. The molecule has 0 spiro atoms. The number of fused-ring (bicyclic) bond motifs is 1. The van der Waals surface area contributed by atoms with Crippen LogP contribution in [0.15, 0.2) is 17.2 Å². The molecule has 2 aromatic rings. The van der Waals surface area contributed by atoms with Crippen molar-refractivity contribution in [2.24, 2.45) is 7.05 Å². The summed E-state index contributed by atoms with van der Waals surface area (Å²) in [4.78, 5) is 8.46. The molecule has 2 heterocycles. The van der Waals surface area contributed by atoms with Gasteiger partial charge in [0.25, 0.3) is 9.05 Å². The van der Waals surface area contributed by atoms with E-state index < -0.39 is 9.05 Å². The zero-order valence-corrected chi connectivity index (χ0v) is 11.2. The monoisotopic (exact) mass is 273 g/mol. The largest absolute Gasteiger partial charge is 0.316 e. The molecule has 0 saturated heterocycles. The molecule has 0 atom stereocenters. The van der Waals surface area contributed by atoms with E-state index in [1.807, 2.05) is 20.9 Å². The van der Waals surface area contributed by atoms with Crippen LogP contribution in [0, 0.1) is 0 Å². The highest BCUT2D eigenvalue weighted by Crippen LogP contribution is 2.26. The van der Waals surface area contributed by atoms with Crippen LogP contribution in [0.3, 0.4) is 0 Å². The summed E-state index contributed by atoms with van der Waals surface area (Å²) < 4.78 is 24.6. The van der Waals surface area contributed by atoms with Crippen LogP contribution in [0.25, 0.3) is 11.2 Å². The van der Waals surface area contributed by atoms with E-state index in [1.165, 1.54) is 12.3 Å². The van der Waals surface area contributed by atoms with E-state index in [0.717, 1.165) is 5.82 Å². The Morgan fingerprint density at radius 1 is 1.41 bits per heavy atom. The molecule has 2 aromatic heterocycles. The van der Waals surface area contributed by atoms with Gasteiger partial charge in [0.15, 0.2) is 5.65 Å².